The van der Waals surface area contributed by atoms with Crippen LogP contribution in [0.2, 0.25) is 0 Å². The van der Waals surface area contributed by atoms with Gasteiger partial charge in [0.2, 0.25) is 5.95 Å². The number of nitrogens with one attached hydrogen (secondary N) is 1. The van der Waals surface area contributed by atoms with Gasteiger partial charge in [-0.3, -0.25) is 4.90 Å². The Balaban J connectivity index is 1.35. The third kappa shape index (κ3) is 6.75. The van der Waals surface area contributed by atoms with Crippen LogP contribution in [0.1, 0.15) is 36.8 Å². The van der Waals surface area contributed by atoms with Crippen molar-refractivity contribution < 1.29 is 14.2 Å². The molecule has 1 aromatic carbocycles. The van der Waals surface area contributed by atoms with Crippen LogP contribution in [-0.4, -0.2) is 74.0 Å². The highest BCUT2D eigenvalue weighted by atomic mass is 16.5. The van der Waals surface area contributed by atoms with Gasteiger partial charge < -0.3 is 24.4 Å². The summed E-state index contributed by atoms with van der Waals surface area (Å²) >= 11 is 0. The van der Waals surface area contributed by atoms with E-state index in [1.165, 1.54) is 32.4 Å². The lowest BCUT2D eigenvalue weighted by Gasteiger charge is -2.34. The lowest BCUT2D eigenvalue weighted by atomic mass is 9.99. The van der Waals surface area contributed by atoms with Crippen molar-refractivity contribution in [3.63, 3.8) is 0 Å². The maximum atomic E-state index is 6.19. The zero-order valence-corrected chi connectivity index (χ0v) is 21.5. The number of rotatable bonds is 4. The SMILES string of the molecule is Cc1cnc2nc1N1CCCC(COC/C=C/COCc3cc(ccc3OCCN3CCCC3)N2)C1. The molecule has 1 aromatic heterocycles. The molecule has 1 atom stereocenters. The van der Waals surface area contributed by atoms with Gasteiger partial charge in [0, 0.05) is 42.6 Å². The molecule has 5 rings (SSSR count). The van der Waals surface area contributed by atoms with E-state index in [-0.39, 0.29) is 0 Å². The van der Waals surface area contributed by atoms with Crippen LogP contribution < -0.4 is 15.0 Å². The molecule has 8 nitrogen and oxygen atoms in total. The Labute approximate surface area is 214 Å². The summed E-state index contributed by atoms with van der Waals surface area (Å²) in [6, 6.07) is 6.14. The summed E-state index contributed by atoms with van der Waals surface area (Å²) in [5.74, 6) is 2.98. The second-order valence-electron chi connectivity index (χ2n) is 10.0. The predicted octanol–water partition coefficient (Wildman–Crippen LogP) is 4.32. The molecule has 0 spiro atoms. The van der Waals surface area contributed by atoms with Gasteiger partial charge in [-0.25, -0.2) is 4.98 Å². The van der Waals surface area contributed by atoms with Gasteiger partial charge in [-0.2, -0.15) is 4.98 Å². The number of anilines is 3. The number of fused-ring (bicyclic) bond motifs is 7. The quantitative estimate of drug-likeness (QED) is 0.632. The van der Waals surface area contributed by atoms with Crippen molar-refractivity contribution in [1.82, 2.24) is 14.9 Å². The summed E-state index contributed by atoms with van der Waals surface area (Å²) in [6.45, 7) is 10.4. The molecule has 2 aromatic rings. The number of aromatic nitrogens is 2. The van der Waals surface area contributed by atoms with Crippen molar-refractivity contribution in [1.29, 1.82) is 0 Å². The summed E-state index contributed by atoms with van der Waals surface area (Å²) < 4.78 is 18.1. The molecule has 0 amide bonds. The minimum atomic E-state index is 0.468. The van der Waals surface area contributed by atoms with E-state index < -0.39 is 0 Å². The van der Waals surface area contributed by atoms with Crippen LogP contribution in [0.5, 0.6) is 5.75 Å². The van der Waals surface area contributed by atoms with Crippen LogP contribution in [0.25, 0.3) is 0 Å². The molecule has 2 fully saturated rings. The monoisotopic (exact) mass is 493 g/mol. The molecule has 1 unspecified atom stereocenters. The maximum Gasteiger partial charge on any atom is 0.229 e. The average molecular weight is 494 g/mol. The summed E-state index contributed by atoms with van der Waals surface area (Å²) in [6.07, 6.45) is 10.9. The van der Waals surface area contributed by atoms with Crippen LogP contribution in [0.15, 0.2) is 36.5 Å². The number of piperidine rings is 1. The van der Waals surface area contributed by atoms with Gasteiger partial charge in [0.15, 0.2) is 0 Å². The van der Waals surface area contributed by atoms with Gasteiger partial charge in [0.05, 0.1) is 26.4 Å². The van der Waals surface area contributed by atoms with Crippen LogP contribution >= 0.6 is 0 Å². The third-order valence-corrected chi connectivity index (χ3v) is 7.15. The first kappa shape index (κ1) is 25.0. The summed E-state index contributed by atoms with van der Waals surface area (Å²) in [5.41, 5.74) is 3.03. The van der Waals surface area contributed by atoms with E-state index in [1.807, 2.05) is 24.4 Å². The van der Waals surface area contributed by atoms with Gasteiger partial charge in [-0.05, 0) is 69.8 Å². The number of likely N-dealkylation sites (tertiary alicyclic amines) is 1. The van der Waals surface area contributed by atoms with E-state index in [0.29, 0.717) is 38.3 Å². The zero-order valence-electron chi connectivity index (χ0n) is 21.5. The third-order valence-electron chi connectivity index (χ3n) is 7.15. The van der Waals surface area contributed by atoms with E-state index in [9.17, 15) is 0 Å². The fraction of sp³-hybridized carbons (Fsp3) is 0.571. The normalized spacial score (nSPS) is 22.4. The van der Waals surface area contributed by atoms with E-state index in [4.69, 9.17) is 19.2 Å². The van der Waals surface area contributed by atoms with Gasteiger partial charge >= 0.3 is 0 Å². The fourth-order valence-corrected chi connectivity index (χ4v) is 5.21. The van der Waals surface area contributed by atoms with Crippen molar-refractivity contribution in [2.24, 2.45) is 5.92 Å². The molecule has 2 saturated heterocycles. The van der Waals surface area contributed by atoms with Gasteiger partial charge in [0.25, 0.3) is 0 Å². The molecule has 36 heavy (non-hydrogen) atoms. The lowest BCUT2D eigenvalue weighted by Crippen LogP contribution is -2.38. The number of nitrogens with zero attached hydrogens (tertiary/aromatic N) is 4. The molecular weight excluding hydrogens is 454 g/mol. The highest BCUT2D eigenvalue weighted by Gasteiger charge is 2.23. The molecule has 0 saturated carbocycles. The largest absolute Gasteiger partial charge is 0.492 e. The van der Waals surface area contributed by atoms with Crippen LogP contribution in [-0.2, 0) is 16.1 Å². The first-order valence-corrected chi connectivity index (χ1v) is 13.4. The molecule has 3 aliphatic rings. The number of ether oxygens (including phenoxy) is 3. The predicted molar refractivity (Wildman–Crippen MR) is 142 cm³/mol. The van der Waals surface area contributed by atoms with Crippen molar-refractivity contribution in [2.75, 3.05) is 69.4 Å². The van der Waals surface area contributed by atoms with Gasteiger partial charge in [-0.15, -0.1) is 0 Å². The fourth-order valence-electron chi connectivity index (χ4n) is 5.21. The van der Waals surface area contributed by atoms with Crippen LogP contribution in [0.3, 0.4) is 0 Å². The number of benzene rings is 1. The molecule has 0 aliphatic carbocycles. The smallest absolute Gasteiger partial charge is 0.229 e. The topological polar surface area (TPSA) is 72.0 Å². The molecule has 6 bridgehead atoms. The lowest BCUT2D eigenvalue weighted by molar-refractivity contribution is 0.113. The summed E-state index contributed by atoms with van der Waals surface area (Å²) in [5, 5.41) is 3.41. The van der Waals surface area contributed by atoms with Crippen molar-refractivity contribution in [3.8, 4) is 5.75 Å². The molecule has 3 aliphatic heterocycles. The van der Waals surface area contributed by atoms with E-state index in [0.717, 1.165) is 61.0 Å². The Hall–Kier alpha value is -2.68. The van der Waals surface area contributed by atoms with Crippen LogP contribution in [0.4, 0.5) is 17.5 Å². The first-order chi connectivity index (χ1) is 17.7. The molecular formula is C28H39N5O3. The summed E-state index contributed by atoms with van der Waals surface area (Å²) in [4.78, 5) is 14.3. The van der Waals surface area contributed by atoms with Crippen LogP contribution in [0, 0.1) is 12.8 Å². The van der Waals surface area contributed by atoms with E-state index >= 15 is 0 Å². The average Bonchev–Trinajstić information content (AvgIpc) is 3.41. The highest BCUT2D eigenvalue weighted by molar-refractivity contribution is 5.59. The second kappa shape index (κ2) is 12.5. The van der Waals surface area contributed by atoms with Gasteiger partial charge in [0.1, 0.15) is 18.2 Å². The Morgan fingerprint density at radius 1 is 1.08 bits per heavy atom. The molecule has 4 heterocycles. The standard InChI is InChI=1S/C28H39N5O3/c1-22-18-29-28-30-25-8-9-26(36-16-13-32-10-2-3-11-32)24(17-25)21-35-15-5-4-14-34-20-23-7-6-12-33(19-23)27(22)31-28/h4-5,8-9,17-18,23H,2-3,6-7,10-16,19-21H2,1H3,(H,29,30,31)/b5-4+. The molecule has 1 N–H and O–H groups in total. The first-order valence-electron chi connectivity index (χ1n) is 13.4. The summed E-state index contributed by atoms with van der Waals surface area (Å²) in [7, 11) is 0. The van der Waals surface area contributed by atoms with Crippen molar-refractivity contribution >= 4 is 17.5 Å². The maximum absolute atomic E-state index is 6.19. The molecule has 0 radical (unpaired) electrons. The minimum absolute atomic E-state index is 0.468. The van der Waals surface area contributed by atoms with Crippen molar-refractivity contribution in [3.05, 3.63) is 47.7 Å². The number of aryl methyl sites for hydroxylation is 1. The Bertz CT molecular complexity index is 1020. The second-order valence-corrected chi connectivity index (χ2v) is 10.0. The highest BCUT2D eigenvalue weighted by Crippen LogP contribution is 2.28. The number of hydrogen-bond donors (Lipinski definition) is 1. The zero-order chi connectivity index (χ0) is 24.6. The van der Waals surface area contributed by atoms with E-state index in [1.54, 1.807) is 0 Å². The molecule has 8 heteroatoms. The Kier molecular flexibility index (Phi) is 8.69. The number of hydrogen-bond acceptors (Lipinski definition) is 8. The minimum Gasteiger partial charge on any atom is -0.492 e. The molecule has 194 valence electrons. The Morgan fingerprint density at radius 3 is 2.83 bits per heavy atom. The van der Waals surface area contributed by atoms with Gasteiger partial charge in [-0.1, -0.05) is 12.2 Å². The van der Waals surface area contributed by atoms with E-state index in [2.05, 4.69) is 39.2 Å². The Morgan fingerprint density at radius 2 is 1.94 bits per heavy atom. The van der Waals surface area contributed by atoms with Crippen molar-refractivity contribution in [2.45, 2.75) is 39.2 Å².